The number of aromatic nitrogens is 1. The Kier molecular flexibility index (Phi) is 5.29. The van der Waals surface area contributed by atoms with E-state index in [1.165, 1.54) is 16.2 Å². The molecular formula is C16H25N3O3S. The van der Waals surface area contributed by atoms with Gasteiger partial charge in [-0.15, -0.1) is 11.3 Å². The molecule has 0 spiro atoms. The lowest BCUT2D eigenvalue weighted by Gasteiger charge is -2.27. The second kappa shape index (κ2) is 6.86. The summed E-state index contributed by atoms with van der Waals surface area (Å²) in [6.45, 7) is 10.0. The molecule has 1 aliphatic rings. The molecule has 7 heteroatoms. The van der Waals surface area contributed by atoms with Gasteiger partial charge in [0.05, 0.1) is 5.69 Å². The average Bonchev–Trinajstić information content (AvgIpc) is 3.03. The van der Waals surface area contributed by atoms with Gasteiger partial charge >= 0.3 is 6.09 Å². The van der Waals surface area contributed by atoms with E-state index in [0.29, 0.717) is 18.1 Å². The van der Waals surface area contributed by atoms with Gasteiger partial charge in [0.25, 0.3) is 0 Å². The molecule has 2 rings (SSSR count). The summed E-state index contributed by atoms with van der Waals surface area (Å²) in [5.41, 5.74) is 0.434. The monoisotopic (exact) mass is 339 g/mol. The smallest absolute Gasteiger partial charge is 0.410 e. The molecule has 1 aliphatic heterocycles. The summed E-state index contributed by atoms with van der Waals surface area (Å²) in [7, 11) is 0. The highest BCUT2D eigenvalue weighted by Crippen LogP contribution is 2.25. The van der Waals surface area contributed by atoms with E-state index >= 15 is 0 Å². The fourth-order valence-corrected chi connectivity index (χ4v) is 3.48. The predicted molar refractivity (Wildman–Crippen MR) is 90.8 cm³/mol. The third kappa shape index (κ3) is 4.43. The molecule has 2 heterocycles. The molecule has 1 saturated heterocycles. The van der Waals surface area contributed by atoms with Crippen LogP contribution in [0.2, 0.25) is 0 Å². The fourth-order valence-electron chi connectivity index (χ4n) is 2.58. The number of aryl methyl sites for hydroxylation is 2. The molecule has 0 bridgehead atoms. The van der Waals surface area contributed by atoms with Crippen molar-refractivity contribution in [2.45, 2.75) is 65.5 Å². The summed E-state index contributed by atoms with van der Waals surface area (Å²) in [6.07, 6.45) is 1.86. The Hall–Kier alpha value is -1.63. The van der Waals surface area contributed by atoms with Crippen LogP contribution in [0.3, 0.4) is 0 Å². The molecule has 0 aliphatic carbocycles. The lowest BCUT2D eigenvalue weighted by molar-refractivity contribution is -0.120. The van der Waals surface area contributed by atoms with Crippen LogP contribution in [0.15, 0.2) is 0 Å². The van der Waals surface area contributed by atoms with Crippen molar-refractivity contribution < 1.29 is 14.3 Å². The Morgan fingerprint density at radius 1 is 1.43 bits per heavy atom. The standard InChI is InChI=1S/C16H25N3O3S/c1-6-11-10(2)23-14(17-11)18-13(20)12-8-7-9-19(12)15(21)22-16(3,4)5/h12H,6-9H2,1-5H3,(H,17,18,20)/t12-/m1/s1. The van der Waals surface area contributed by atoms with Gasteiger partial charge in [-0.1, -0.05) is 6.92 Å². The SMILES string of the molecule is CCc1nc(NC(=O)[C@H]2CCCN2C(=O)OC(C)(C)C)sc1C. The highest BCUT2D eigenvalue weighted by Gasteiger charge is 2.36. The number of anilines is 1. The normalized spacial score (nSPS) is 18.1. The minimum absolute atomic E-state index is 0.190. The van der Waals surface area contributed by atoms with Crippen LogP contribution in [-0.2, 0) is 16.0 Å². The maximum Gasteiger partial charge on any atom is 0.410 e. The minimum Gasteiger partial charge on any atom is -0.444 e. The van der Waals surface area contributed by atoms with E-state index < -0.39 is 17.7 Å². The van der Waals surface area contributed by atoms with Crippen molar-refractivity contribution in [3.63, 3.8) is 0 Å². The largest absolute Gasteiger partial charge is 0.444 e. The van der Waals surface area contributed by atoms with Gasteiger partial charge in [-0.25, -0.2) is 9.78 Å². The third-order valence-corrected chi connectivity index (χ3v) is 4.57. The highest BCUT2D eigenvalue weighted by atomic mass is 32.1. The van der Waals surface area contributed by atoms with Crippen molar-refractivity contribution in [2.24, 2.45) is 0 Å². The topological polar surface area (TPSA) is 71.5 Å². The third-order valence-electron chi connectivity index (χ3n) is 3.64. The van der Waals surface area contributed by atoms with Crippen LogP contribution in [0.4, 0.5) is 9.93 Å². The number of rotatable bonds is 3. The number of likely N-dealkylation sites (tertiary alicyclic amines) is 1. The van der Waals surface area contributed by atoms with E-state index in [2.05, 4.69) is 10.3 Å². The maximum atomic E-state index is 12.5. The number of thiazole rings is 1. The molecule has 1 atom stereocenters. The summed E-state index contributed by atoms with van der Waals surface area (Å²) in [6, 6.07) is -0.487. The van der Waals surface area contributed by atoms with E-state index in [1.807, 2.05) is 34.6 Å². The van der Waals surface area contributed by atoms with Gasteiger partial charge in [-0.3, -0.25) is 9.69 Å². The fraction of sp³-hybridized carbons (Fsp3) is 0.688. The molecule has 0 saturated carbocycles. The molecule has 1 aromatic rings. The molecule has 0 aromatic carbocycles. The highest BCUT2D eigenvalue weighted by molar-refractivity contribution is 7.15. The number of amides is 2. The summed E-state index contributed by atoms with van der Waals surface area (Å²) in [5, 5.41) is 3.44. The molecule has 0 unspecified atom stereocenters. The number of hydrogen-bond donors (Lipinski definition) is 1. The molecule has 0 radical (unpaired) electrons. The molecule has 128 valence electrons. The first-order valence-corrected chi connectivity index (χ1v) is 8.79. The Morgan fingerprint density at radius 2 is 2.13 bits per heavy atom. The number of ether oxygens (including phenoxy) is 1. The average molecular weight is 339 g/mol. The van der Waals surface area contributed by atoms with Crippen molar-refractivity contribution in [2.75, 3.05) is 11.9 Å². The lowest BCUT2D eigenvalue weighted by atomic mass is 10.2. The minimum atomic E-state index is -0.566. The maximum absolute atomic E-state index is 12.5. The van der Waals surface area contributed by atoms with Crippen LogP contribution in [0, 0.1) is 6.92 Å². The number of hydrogen-bond acceptors (Lipinski definition) is 5. The van der Waals surface area contributed by atoms with Gasteiger partial charge in [-0.2, -0.15) is 0 Å². The Morgan fingerprint density at radius 3 is 2.70 bits per heavy atom. The number of nitrogens with zero attached hydrogens (tertiary/aromatic N) is 2. The van der Waals surface area contributed by atoms with Gasteiger partial charge in [0.2, 0.25) is 5.91 Å². The van der Waals surface area contributed by atoms with Crippen LogP contribution >= 0.6 is 11.3 Å². The van der Waals surface area contributed by atoms with Gasteiger partial charge in [-0.05, 0) is 47.0 Å². The van der Waals surface area contributed by atoms with E-state index in [4.69, 9.17) is 4.74 Å². The Balaban J connectivity index is 2.04. The zero-order valence-electron chi connectivity index (χ0n) is 14.4. The quantitative estimate of drug-likeness (QED) is 0.916. The molecule has 2 amide bonds. The van der Waals surface area contributed by atoms with Gasteiger partial charge in [0.15, 0.2) is 5.13 Å². The number of carbonyl (C=O) groups is 2. The molecule has 1 fully saturated rings. The van der Waals surface area contributed by atoms with Gasteiger partial charge < -0.3 is 10.1 Å². The number of carbonyl (C=O) groups excluding carboxylic acids is 2. The Labute approximate surface area is 141 Å². The van der Waals surface area contributed by atoms with Crippen molar-refractivity contribution in [1.29, 1.82) is 0 Å². The van der Waals surface area contributed by atoms with Crippen LogP contribution in [-0.4, -0.2) is 40.1 Å². The van der Waals surface area contributed by atoms with Crippen molar-refractivity contribution >= 4 is 28.5 Å². The van der Waals surface area contributed by atoms with Gasteiger partial charge in [0.1, 0.15) is 11.6 Å². The predicted octanol–water partition coefficient (Wildman–Crippen LogP) is 3.35. The first-order chi connectivity index (χ1) is 10.7. The molecular weight excluding hydrogens is 314 g/mol. The summed E-state index contributed by atoms with van der Waals surface area (Å²) >= 11 is 1.47. The second-order valence-electron chi connectivity index (χ2n) is 6.70. The molecule has 1 N–H and O–H groups in total. The van der Waals surface area contributed by atoms with Crippen molar-refractivity contribution in [3.05, 3.63) is 10.6 Å². The second-order valence-corrected chi connectivity index (χ2v) is 7.90. The zero-order valence-corrected chi connectivity index (χ0v) is 15.2. The zero-order chi connectivity index (χ0) is 17.2. The van der Waals surface area contributed by atoms with Crippen molar-refractivity contribution in [3.8, 4) is 0 Å². The van der Waals surface area contributed by atoms with E-state index in [9.17, 15) is 9.59 Å². The Bertz CT molecular complexity index is 592. The van der Waals surface area contributed by atoms with Crippen molar-refractivity contribution in [1.82, 2.24) is 9.88 Å². The van der Waals surface area contributed by atoms with E-state index in [-0.39, 0.29) is 5.91 Å². The van der Waals surface area contributed by atoms with Crippen LogP contribution < -0.4 is 5.32 Å². The molecule has 23 heavy (non-hydrogen) atoms. The molecule has 1 aromatic heterocycles. The van der Waals surface area contributed by atoms with Gasteiger partial charge in [0, 0.05) is 11.4 Å². The van der Waals surface area contributed by atoms with Crippen LogP contribution in [0.5, 0.6) is 0 Å². The van der Waals surface area contributed by atoms with Crippen LogP contribution in [0.25, 0.3) is 0 Å². The number of nitrogens with one attached hydrogen (secondary N) is 1. The summed E-state index contributed by atoms with van der Waals surface area (Å²) in [5.74, 6) is -0.190. The summed E-state index contributed by atoms with van der Waals surface area (Å²) < 4.78 is 5.39. The summed E-state index contributed by atoms with van der Waals surface area (Å²) in [4.78, 5) is 31.8. The molecule has 6 nitrogen and oxygen atoms in total. The first kappa shape index (κ1) is 17.7. The van der Waals surface area contributed by atoms with E-state index in [0.717, 1.165) is 23.4 Å². The first-order valence-electron chi connectivity index (χ1n) is 7.98. The lowest BCUT2D eigenvalue weighted by Crippen LogP contribution is -2.45. The van der Waals surface area contributed by atoms with E-state index in [1.54, 1.807) is 0 Å². The van der Waals surface area contributed by atoms with Crippen LogP contribution in [0.1, 0.15) is 51.1 Å².